The SMILES string of the molecule is CCOc1cc(S(=O)(=O)N2C[C@H](C)C[C@H](C)C2)c(OCC)cc1Cl. The second kappa shape index (κ2) is 7.93. The molecule has 7 heteroatoms. The van der Waals surface area contributed by atoms with Crippen LogP contribution in [0.15, 0.2) is 17.0 Å². The van der Waals surface area contributed by atoms with Crippen LogP contribution in [0.25, 0.3) is 0 Å². The molecule has 0 unspecified atom stereocenters. The van der Waals surface area contributed by atoms with E-state index in [-0.39, 0.29) is 10.6 Å². The van der Waals surface area contributed by atoms with E-state index in [1.807, 2.05) is 13.8 Å². The first-order valence-corrected chi connectivity index (χ1v) is 10.2. The fourth-order valence-corrected chi connectivity index (χ4v) is 5.21. The summed E-state index contributed by atoms with van der Waals surface area (Å²) in [6.07, 6.45) is 1.04. The van der Waals surface area contributed by atoms with Crippen molar-refractivity contribution in [3.63, 3.8) is 0 Å². The average Bonchev–Trinajstić information content (AvgIpc) is 2.49. The van der Waals surface area contributed by atoms with E-state index >= 15 is 0 Å². The molecule has 24 heavy (non-hydrogen) atoms. The van der Waals surface area contributed by atoms with E-state index in [4.69, 9.17) is 21.1 Å². The highest BCUT2D eigenvalue weighted by Gasteiger charge is 2.34. The van der Waals surface area contributed by atoms with Crippen molar-refractivity contribution in [1.29, 1.82) is 0 Å². The number of hydrogen-bond acceptors (Lipinski definition) is 4. The van der Waals surface area contributed by atoms with E-state index in [9.17, 15) is 8.42 Å². The van der Waals surface area contributed by atoms with Crippen molar-refractivity contribution >= 4 is 21.6 Å². The van der Waals surface area contributed by atoms with Crippen molar-refractivity contribution in [3.8, 4) is 11.5 Å². The summed E-state index contributed by atoms with van der Waals surface area (Å²) in [7, 11) is -3.67. The molecule has 0 saturated carbocycles. The van der Waals surface area contributed by atoms with Crippen LogP contribution in [0.1, 0.15) is 34.1 Å². The van der Waals surface area contributed by atoms with Crippen molar-refractivity contribution in [1.82, 2.24) is 4.31 Å². The lowest BCUT2D eigenvalue weighted by atomic mass is 9.94. The summed E-state index contributed by atoms with van der Waals surface area (Å²) in [5, 5.41) is 0.347. The van der Waals surface area contributed by atoms with E-state index in [0.29, 0.717) is 48.9 Å². The van der Waals surface area contributed by atoms with Gasteiger partial charge < -0.3 is 9.47 Å². The van der Waals surface area contributed by atoms with Gasteiger partial charge in [0, 0.05) is 25.2 Å². The lowest BCUT2D eigenvalue weighted by Gasteiger charge is -2.34. The van der Waals surface area contributed by atoms with Crippen LogP contribution < -0.4 is 9.47 Å². The van der Waals surface area contributed by atoms with Gasteiger partial charge in [0.05, 0.1) is 18.2 Å². The highest BCUT2D eigenvalue weighted by Crippen LogP contribution is 2.38. The van der Waals surface area contributed by atoms with Gasteiger partial charge in [-0.3, -0.25) is 0 Å². The summed E-state index contributed by atoms with van der Waals surface area (Å²) < 4.78 is 38.9. The Balaban J connectivity index is 2.48. The molecule has 0 aliphatic carbocycles. The van der Waals surface area contributed by atoms with Crippen molar-refractivity contribution < 1.29 is 17.9 Å². The zero-order valence-corrected chi connectivity index (χ0v) is 16.3. The Kier molecular flexibility index (Phi) is 6.39. The Morgan fingerprint density at radius 1 is 1.08 bits per heavy atom. The Morgan fingerprint density at radius 3 is 2.17 bits per heavy atom. The van der Waals surface area contributed by atoms with Gasteiger partial charge in [-0.1, -0.05) is 25.4 Å². The molecule has 0 aromatic heterocycles. The molecule has 2 atom stereocenters. The molecule has 0 spiro atoms. The molecule has 1 heterocycles. The summed E-state index contributed by atoms with van der Waals surface area (Å²) >= 11 is 6.18. The van der Waals surface area contributed by atoms with Crippen molar-refractivity contribution in [2.75, 3.05) is 26.3 Å². The molecule has 1 aromatic carbocycles. The van der Waals surface area contributed by atoms with Crippen LogP contribution in [-0.2, 0) is 10.0 Å². The normalized spacial score (nSPS) is 22.4. The lowest BCUT2D eigenvalue weighted by Crippen LogP contribution is -2.42. The number of rotatable bonds is 6. The van der Waals surface area contributed by atoms with Crippen molar-refractivity contribution in [2.24, 2.45) is 11.8 Å². The molecular formula is C17H26ClNO4S. The lowest BCUT2D eigenvalue weighted by molar-refractivity contribution is 0.221. The number of sulfonamides is 1. The predicted molar refractivity (Wildman–Crippen MR) is 95.5 cm³/mol. The molecule has 136 valence electrons. The minimum absolute atomic E-state index is 0.124. The van der Waals surface area contributed by atoms with Crippen LogP contribution in [0.2, 0.25) is 5.02 Å². The monoisotopic (exact) mass is 375 g/mol. The number of piperidine rings is 1. The smallest absolute Gasteiger partial charge is 0.246 e. The van der Waals surface area contributed by atoms with Crippen LogP contribution >= 0.6 is 11.6 Å². The predicted octanol–water partition coefficient (Wildman–Crippen LogP) is 3.80. The van der Waals surface area contributed by atoms with Gasteiger partial charge in [-0.15, -0.1) is 0 Å². The molecule has 1 fully saturated rings. The van der Waals surface area contributed by atoms with Crippen LogP contribution in [0.5, 0.6) is 11.5 Å². The highest BCUT2D eigenvalue weighted by atomic mass is 35.5. The van der Waals surface area contributed by atoms with E-state index in [0.717, 1.165) is 6.42 Å². The third-order valence-electron chi connectivity index (χ3n) is 4.05. The molecule has 1 aromatic rings. The number of ether oxygens (including phenoxy) is 2. The molecule has 0 radical (unpaired) electrons. The number of halogens is 1. The molecular weight excluding hydrogens is 350 g/mol. The third-order valence-corrected chi connectivity index (χ3v) is 6.20. The average molecular weight is 376 g/mol. The summed E-state index contributed by atoms with van der Waals surface area (Å²) in [4.78, 5) is 0.124. The third kappa shape index (κ3) is 4.16. The zero-order chi connectivity index (χ0) is 17.9. The topological polar surface area (TPSA) is 55.8 Å². The second-order valence-corrected chi connectivity index (χ2v) is 8.68. The molecule has 0 bridgehead atoms. The number of benzene rings is 1. The van der Waals surface area contributed by atoms with Crippen molar-refractivity contribution in [2.45, 2.75) is 39.0 Å². The standard InChI is InChI=1S/C17H26ClNO4S/c1-5-22-15-9-17(16(23-6-2)8-14(15)18)24(20,21)19-10-12(3)7-13(4)11-19/h8-9,12-13H,5-7,10-11H2,1-4H3/t12-,13+. The Hall–Kier alpha value is -0.980. The minimum atomic E-state index is -3.67. The first-order valence-electron chi connectivity index (χ1n) is 8.38. The van der Waals surface area contributed by atoms with Gasteiger partial charge >= 0.3 is 0 Å². The first-order chi connectivity index (χ1) is 11.3. The molecule has 0 N–H and O–H groups in total. The highest BCUT2D eigenvalue weighted by molar-refractivity contribution is 7.89. The summed E-state index contributed by atoms with van der Waals surface area (Å²) in [5.41, 5.74) is 0. The number of nitrogens with zero attached hydrogens (tertiary/aromatic N) is 1. The van der Waals surface area contributed by atoms with Gasteiger partial charge in [0.2, 0.25) is 10.0 Å². The van der Waals surface area contributed by atoms with E-state index < -0.39 is 10.0 Å². The van der Waals surface area contributed by atoms with Gasteiger partial charge in [-0.25, -0.2) is 8.42 Å². The molecule has 5 nitrogen and oxygen atoms in total. The summed E-state index contributed by atoms with van der Waals surface area (Å²) in [5.74, 6) is 1.30. The molecule has 1 aliphatic rings. The van der Waals surface area contributed by atoms with Gasteiger partial charge in [0.25, 0.3) is 0 Å². The zero-order valence-electron chi connectivity index (χ0n) is 14.7. The van der Waals surface area contributed by atoms with E-state index in [1.54, 1.807) is 4.31 Å². The minimum Gasteiger partial charge on any atom is -0.492 e. The fourth-order valence-electron chi connectivity index (χ4n) is 3.19. The van der Waals surface area contributed by atoms with Crippen LogP contribution in [-0.4, -0.2) is 39.0 Å². The largest absolute Gasteiger partial charge is 0.492 e. The molecule has 2 rings (SSSR count). The number of hydrogen-bond donors (Lipinski definition) is 0. The van der Waals surface area contributed by atoms with Crippen molar-refractivity contribution in [3.05, 3.63) is 17.2 Å². The van der Waals surface area contributed by atoms with Gasteiger partial charge in [0.15, 0.2) is 0 Å². The Labute approximate surface area is 149 Å². The van der Waals surface area contributed by atoms with Crippen LogP contribution in [0.3, 0.4) is 0 Å². The van der Waals surface area contributed by atoms with Crippen LogP contribution in [0.4, 0.5) is 0 Å². The maximum atomic E-state index is 13.2. The maximum Gasteiger partial charge on any atom is 0.246 e. The molecule has 0 amide bonds. The summed E-state index contributed by atoms with van der Waals surface area (Å²) in [6, 6.07) is 3.01. The molecule has 1 saturated heterocycles. The van der Waals surface area contributed by atoms with E-state index in [1.165, 1.54) is 12.1 Å². The first kappa shape index (κ1) is 19.3. The van der Waals surface area contributed by atoms with Gasteiger partial charge in [-0.05, 0) is 32.1 Å². The van der Waals surface area contributed by atoms with Gasteiger partial charge in [0.1, 0.15) is 16.4 Å². The van der Waals surface area contributed by atoms with Crippen LogP contribution in [0, 0.1) is 11.8 Å². The fraction of sp³-hybridized carbons (Fsp3) is 0.647. The Morgan fingerprint density at radius 2 is 1.62 bits per heavy atom. The molecule has 1 aliphatic heterocycles. The maximum absolute atomic E-state index is 13.2. The second-order valence-electron chi connectivity index (χ2n) is 6.36. The van der Waals surface area contributed by atoms with E-state index in [2.05, 4.69) is 13.8 Å². The Bertz CT molecular complexity index is 667. The quantitative estimate of drug-likeness (QED) is 0.758. The van der Waals surface area contributed by atoms with Gasteiger partial charge in [-0.2, -0.15) is 4.31 Å². The summed E-state index contributed by atoms with van der Waals surface area (Å²) in [6.45, 7) is 9.60.